The number of piperidine rings is 1. The Morgan fingerprint density at radius 2 is 2.00 bits per heavy atom. The number of hydrogen-bond acceptors (Lipinski definition) is 9. The van der Waals surface area contributed by atoms with Gasteiger partial charge in [0, 0.05) is 42.3 Å². The molecule has 37 heavy (non-hydrogen) atoms. The molecule has 2 N–H and O–H groups in total. The van der Waals surface area contributed by atoms with E-state index in [1.54, 1.807) is 20.0 Å². The normalized spacial score (nSPS) is 18.8. The third-order valence-corrected chi connectivity index (χ3v) is 8.10. The Morgan fingerprint density at radius 3 is 2.68 bits per heavy atom. The minimum absolute atomic E-state index is 0.0213. The molecule has 0 aromatic carbocycles. The van der Waals surface area contributed by atoms with E-state index in [1.807, 2.05) is 15.6 Å². The Bertz CT molecular complexity index is 1320. The fourth-order valence-electron chi connectivity index (χ4n) is 5.02. The Hall–Kier alpha value is -3.19. The number of halogens is 3. The lowest BCUT2D eigenvalue weighted by molar-refractivity contribution is -0.143. The van der Waals surface area contributed by atoms with Crippen molar-refractivity contribution in [3.8, 4) is 0 Å². The van der Waals surface area contributed by atoms with Gasteiger partial charge in [0.25, 0.3) is 0 Å². The summed E-state index contributed by atoms with van der Waals surface area (Å²) in [6, 6.07) is 4.56. The number of carbonyl (C=O) groups is 1. The van der Waals surface area contributed by atoms with Crippen LogP contribution in [0.15, 0.2) is 40.5 Å². The van der Waals surface area contributed by atoms with Crippen molar-refractivity contribution in [3.05, 3.63) is 53.4 Å². The topological polar surface area (TPSA) is 112 Å². The van der Waals surface area contributed by atoms with Gasteiger partial charge >= 0.3 is 12.1 Å². The van der Waals surface area contributed by atoms with Crippen molar-refractivity contribution in [3.63, 3.8) is 0 Å². The van der Waals surface area contributed by atoms with Gasteiger partial charge in [-0.2, -0.15) is 18.3 Å². The number of esters is 1. The van der Waals surface area contributed by atoms with Gasteiger partial charge in [-0.1, -0.05) is 11.8 Å². The van der Waals surface area contributed by atoms with Gasteiger partial charge < -0.3 is 15.4 Å². The van der Waals surface area contributed by atoms with Crippen LogP contribution in [0.4, 0.5) is 19.0 Å². The first-order valence-corrected chi connectivity index (χ1v) is 12.7. The van der Waals surface area contributed by atoms with Gasteiger partial charge in [-0.25, -0.2) is 14.8 Å². The predicted molar refractivity (Wildman–Crippen MR) is 129 cm³/mol. The summed E-state index contributed by atoms with van der Waals surface area (Å²) >= 11 is 0.774. The zero-order valence-corrected chi connectivity index (χ0v) is 21.1. The van der Waals surface area contributed by atoms with Crippen LogP contribution in [-0.4, -0.2) is 50.4 Å². The van der Waals surface area contributed by atoms with E-state index in [-0.39, 0.29) is 33.7 Å². The van der Waals surface area contributed by atoms with Crippen LogP contribution in [-0.2, 0) is 17.5 Å². The number of carbonyl (C=O) groups excluding carboxylic acids is 1. The molecule has 5 rings (SSSR count). The molecule has 0 radical (unpaired) electrons. The molecule has 1 saturated heterocycles. The monoisotopic (exact) mass is 533 g/mol. The van der Waals surface area contributed by atoms with Gasteiger partial charge in [-0.05, 0) is 44.9 Å². The van der Waals surface area contributed by atoms with E-state index < -0.39 is 17.8 Å². The van der Waals surface area contributed by atoms with E-state index in [9.17, 15) is 18.0 Å². The second kappa shape index (κ2) is 9.60. The second-order valence-electron chi connectivity index (χ2n) is 9.20. The van der Waals surface area contributed by atoms with Crippen molar-refractivity contribution in [2.45, 2.75) is 55.4 Å². The molecule has 0 bridgehead atoms. The highest BCUT2D eigenvalue weighted by atomic mass is 32.2. The Labute approximate surface area is 215 Å². The number of ether oxygens (including phenoxy) is 1. The number of aryl methyl sites for hydroxylation is 1. The first-order chi connectivity index (χ1) is 17.6. The van der Waals surface area contributed by atoms with Crippen LogP contribution in [0, 0.1) is 12.3 Å². The van der Waals surface area contributed by atoms with Crippen LogP contribution in [0.3, 0.4) is 0 Å². The fraction of sp³-hybridized carbons (Fsp3) is 0.458. The first kappa shape index (κ1) is 25.5. The van der Waals surface area contributed by atoms with Crippen molar-refractivity contribution in [2.24, 2.45) is 11.1 Å². The van der Waals surface area contributed by atoms with E-state index in [2.05, 4.69) is 20.1 Å². The Kier molecular flexibility index (Phi) is 6.61. The largest absolute Gasteiger partial charge is 0.461 e. The lowest BCUT2D eigenvalue weighted by atomic mass is 9.73. The average molecular weight is 534 g/mol. The summed E-state index contributed by atoms with van der Waals surface area (Å²) in [4.78, 5) is 27.3. The molecule has 1 fully saturated rings. The highest BCUT2D eigenvalue weighted by molar-refractivity contribution is 7.99. The maximum Gasteiger partial charge on any atom is 0.434 e. The number of alkyl halides is 3. The van der Waals surface area contributed by atoms with Crippen LogP contribution in [0.25, 0.3) is 0 Å². The molecule has 5 heterocycles. The van der Waals surface area contributed by atoms with E-state index in [0.717, 1.165) is 43.0 Å². The summed E-state index contributed by atoms with van der Waals surface area (Å²) in [5.74, 6) is -0.311. The molecule has 196 valence electrons. The summed E-state index contributed by atoms with van der Waals surface area (Å²) in [7, 11) is 0. The number of hydrogen-bond donors (Lipinski definition) is 1. The van der Waals surface area contributed by atoms with Crippen molar-refractivity contribution >= 4 is 23.5 Å². The van der Waals surface area contributed by atoms with Crippen LogP contribution in [0.1, 0.15) is 53.4 Å². The van der Waals surface area contributed by atoms with Crippen LogP contribution in [0.2, 0.25) is 0 Å². The zero-order valence-electron chi connectivity index (χ0n) is 20.3. The molecule has 1 spiro atoms. The molecule has 3 aromatic heterocycles. The third kappa shape index (κ3) is 4.65. The highest BCUT2D eigenvalue weighted by Gasteiger charge is 2.47. The van der Waals surface area contributed by atoms with E-state index in [0.29, 0.717) is 24.6 Å². The molecule has 0 unspecified atom stereocenters. The minimum atomic E-state index is -4.63. The molecule has 0 saturated carbocycles. The Balaban J connectivity index is 1.44. The van der Waals surface area contributed by atoms with Gasteiger partial charge in [0.2, 0.25) is 0 Å². The molecule has 1 atom stereocenters. The molecule has 2 aliphatic rings. The smallest absolute Gasteiger partial charge is 0.434 e. The minimum Gasteiger partial charge on any atom is -0.461 e. The summed E-state index contributed by atoms with van der Waals surface area (Å²) < 4.78 is 47.6. The predicted octanol–water partition coefficient (Wildman–Crippen LogP) is 4.02. The third-order valence-electron chi connectivity index (χ3n) is 6.97. The molecule has 13 heteroatoms. The zero-order chi connectivity index (χ0) is 26.4. The van der Waals surface area contributed by atoms with E-state index >= 15 is 0 Å². The summed E-state index contributed by atoms with van der Waals surface area (Å²) in [5.41, 5.74) is 6.85. The number of nitrogens with zero attached hydrogens (tertiary/aromatic N) is 6. The summed E-state index contributed by atoms with van der Waals surface area (Å²) in [6.45, 7) is 5.38. The molecule has 9 nitrogen and oxygen atoms in total. The van der Waals surface area contributed by atoms with Crippen LogP contribution < -0.4 is 10.6 Å². The van der Waals surface area contributed by atoms with Crippen molar-refractivity contribution < 1.29 is 22.7 Å². The van der Waals surface area contributed by atoms with Crippen LogP contribution in [0.5, 0.6) is 0 Å². The van der Waals surface area contributed by atoms with Crippen molar-refractivity contribution in [2.75, 3.05) is 24.6 Å². The quantitative estimate of drug-likeness (QED) is 0.486. The van der Waals surface area contributed by atoms with Gasteiger partial charge in [0.1, 0.15) is 5.03 Å². The van der Waals surface area contributed by atoms with Gasteiger partial charge in [-0.15, -0.1) is 0 Å². The molecule has 3 aromatic rings. The van der Waals surface area contributed by atoms with E-state index in [4.69, 9.17) is 10.5 Å². The number of anilines is 1. The average Bonchev–Trinajstić information content (AvgIpc) is 3.41. The maximum absolute atomic E-state index is 13.5. The molecule has 0 aliphatic carbocycles. The van der Waals surface area contributed by atoms with E-state index in [1.165, 1.54) is 12.1 Å². The van der Waals surface area contributed by atoms with Crippen molar-refractivity contribution in [1.82, 2.24) is 24.7 Å². The fourth-order valence-corrected chi connectivity index (χ4v) is 5.97. The summed E-state index contributed by atoms with van der Waals surface area (Å²) in [5, 5.41) is 4.55. The standard InChI is InChI=1S/C24H26F3N7O2S/c1-3-36-22(35)17-20(33-11-7-23(8-12-33)13-34-15(18(23)28)6-10-30-34)31-14(2)21(32-17)37-16-5-4-9-29-19(16)24(25,26)27/h4-6,9-10,18H,3,7-8,11-13,28H2,1-2H3/t18-/m0/s1. The molecular formula is C24H26F3N7O2S. The number of nitrogens with two attached hydrogens (primary N) is 1. The van der Waals surface area contributed by atoms with Crippen molar-refractivity contribution in [1.29, 1.82) is 0 Å². The number of pyridine rings is 1. The lowest BCUT2D eigenvalue weighted by Crippen LogP contribution is -2.45. The molecule has 0 amide bonds. The van der Waals surface area contributed by atoms with Crippen LogP contribution >= 0.6 is 11.8 Å². The summed E-state index contributed by atoms with van der Waals surface area (Å²) in [6.07, 6.45) is -0.256. The second-order valence-corrected chi connectivity index (χ2v) is 10.2. The highest BCUT2D eigenvalue weighted by Crippen LogP contribution is 2.48. The molecular weight excluding hydrogens is 507 g/mol. The number of fused-ring (bicyclic) bond motifs is 1. The SMILES string of the molecule is CCOC(=O)c1nc(Sc2cccnc2C(F)(F)F)c(C)nc1N1CCC2(CC1)Cn1nccc1[C@@H]2N. The number of aromatic nitrogens is 5. The van der Waals surface area contributed by atoms with Gasteiger partial charge in [0.15, 0.2) is 17.2 Å². The first-order valence-electron chi connectivity index (χ1n) is 11.9. The maximum atomic E-state index is 13.5. The number of rotatable bonds is 5. The lowest BCUT2D eigenvalue weighted by Gasteiger charge is -2.42. The molecule has 2 aliphatic heterocycles. The Morgan fingerprint density at radius 1 is 1.24 bits per heavy atom. The van der Waals surface area contributed by atoms with Gasteiger partial charge in [0.05, 0.1) is 24.0 Å². The van der Waals surface area contributed by atoms with Gasteiger partial charge in [-0.3, -0.25) is 9.67 Å².